The van der Waals surface area contributed by atoms with Crippen molar-refractivity contribution in [1.82, 2.24) is 14.4 Å². The molecule has 0 spiro atoms. The summed E-state index contributed by atoms with van der Waals surface area (Å²) < 4.78 is 29.2. The molecule has 3 N–H and O–H groups in total. The Morgan fingerprint density at radius 2 is 2.18 bits per heavy atom. The van der Waals surface area contributed by atoms with E-state index in [0.29, 0.717) is 0 Å². The molecule has 12 nitrogen and oxygen atoms in total. The first-order valence-corrected chi connectivity index (χ1v) is 10.9. The number of aromatic nitrogens is 2. The Bertz CT molecular complexity index is 1120. The van der Waals surface area contributed by atoms with Crippen molar-refractivity contribution < 1.29 is 33.5 Å². The summed E-state index contributed by atoms with van der Waals surface area (Å²) >= 11 is 0. The second-order valence-corrected chi connectivity index (χ2v) is 7.75. The Morgan fingerprint density at radius 3 is 2.85 bits per heavy atom. The normalized spacial score (nSPS) is 20.6. The molecule has 4 atom stereocenters. The molecule has 1 fully saturated rings. The van der Waals surface area contributed by atoms with Crippen molar-refractivity contribution in [3.63, 3.8) is 0 Å². The van der Waals surface area contributed by atoms with Crippen LogP contribution in [0.1, 0.15) is 19.6 Å². The third-order valence-electron chi connectivity index (χ3n) is 4.86. The number of anilines is 1. The minimum atomic E-state index is -1.03. The van der Waals surface area contributed by atoms with E-state index in [9.17, 15) is 19.3 Å². The second-order valence-electron chi connectivity index (χ2n) is 7.20. The number of terminal acetylenes is 1. The third kappa shape index (κ3) is 6.09. The van der Waals surface area contributed by atoms with Crippen molar-refractivity contribution in [2.24, 2.45) is 0 Å². The molecule has 0 radical (unpaired) electrons. The highest BCUT2D eigenvalue weighted by molar-refractivity contribution is 7.20. The zero-order chi connectivity index (χ0) is 24.7. The number of benzene rings is 1. The minimum absolute atomic E-state index is 0.0793. The SMILES string of the molecule is C#CCOC(=O)C(C)N(Oc1ccccc1OC[C@@H]1O[C@H](n2ccc(N)nc2=O)C[C@H]1O)P=O. The van der Waals surface area contributed by atoms with Crippen molar-refractivity contribution in [1.29, 1.82) is 0 Å². The van der Waals surface area contributed by atoms with Gasteiger partial charge in [-0.05, 0) is 30.0 Å². The van der Waals surface area contributed by atoms with Gasteiger partial charge >= 0.3 is 11.7 Å². The third-order valence-corrected chi connectivity index (χ3v) is 5.45. The predicted molar refractivity (Wildman–Crippen MR) is 119 cm³/mol. The van der Waals surface area contributed by atoms with Gasteiger partial charge in [0.2, 0.25) is 0 Å². The van der Waals surface area contributed by atoms with E-state index in [1.165, 1.54) is 23.8 Å². The van der Waals surface area contributed by atoms with Crippen LogP contribution in [0.4, 0.5) is 5.82 Å². The summed E-state index contributed by atoms with van der Waals surface area (Å²) in [4.78, 5) is 34.1. The maximum atomic E-state index is 12.0. The van der Waals surface area contributed by atoms with Gasteiger partial charge < -0.3 is 29.9 Å². The topological polar surface area (TPSA) is 155 Å². The molecule has 1 aliphatic rings. The number of nitrogens with two attached hydrogens (primary N) is 1. The Morgan fingerprint density at radius 1 is 1.44 bits per heavy atom. The van der Waals surface area contributed by atoms with Crippen LogP contribution in [-0.2, 0) is 18.8 Å². The van der Waals surface area contributed by atoms with Crippen LogP contribution in [-0.4, -0.2) is 56.9 Å². The van der Waals surface area contributed by atoms with Crippen molar-refractivity contribution in [2.75, 3.05) is 18.9 Å². The lowest BCUT2D eigenvalue weighted by Crippen LogP contribution is -2.36. The average molecular weight is 490 g/mol. The zero-order valence-corrected chi connectivity index (χ0v) is 19.0. The van der Waals surface area contributed by atoms with Crippen LogP contribution in [0.3, 0.4) is 0 Å². The lowest BCUT2D eigenvalue weighted by molar-refractivity contribution is -0.152. The molecule has 180 valence electrons. The monoisotopic (exact) mass is 490 g/mol. The summed E-state index contributed by atoms with van der Waals surface area (Å²) in [6.07, 6.45) is 4.27. The van der Waals surface area contributed by atoms with Gasteiger partial charge in [-0.1, -0.05) is 18.1 Å². The predicted octanol–water partition coefficient (Wildman–Crippen LogP) is 0.920. The van der Waals surface area contributed by atoms with E-state index >= 15 is 0 Å². The van der Waals surface area contributed by atoms with E-state index in [1.54, 1.807) is 24.3 Å². The molecule has 0 saturated carbocycles. The fraction of sp³-hybridized carbons (Fsp3) is 0.381. The fourth-order valence-electron chi connectivity index (χ4n) is 3.09. The molecule has 1 saturated heterocycles. The standard InChI is InChI=1S/C21H23N4O8P/c1-3-10-30-20(27)13(2)25(34-29)33-16-7-5-4-6-15(16)31-12-17-14(26)11-19(32-17)24-9-8-18(22)23-21(24)28/h1,4-9,13-14,17,19,26H,10-12H2,2H3,(H2,22,23,28)/t13?,14-,17+,19+/m1/s1. The van der Waals surface area contributed by atoms with Crippen molar-refractivity contribution in [3.05, 3.63) is 47.0 Å². The Balaban J connectivity index is 1.65. The number of aliphatic hydroxyl groups is 1. The molecule has 0 aliphatic carbocycles. The second kappa shape index (κ2) is 11.6. The van der Waals surface area contributed by atoms with E-state index in [1.807, 2.05) is 0 Å². The van der Waals surface area contributed by atoms with Crippen LogP contribution in [0.5, 0.6) is 11.5 Å². The number of nitrogens with zero attached hydrogens (tertiary/aromatic N) is 3. The van der Waals surface area contributed by atoms with Crippen LogP contribution in [0.15, 0.2) is 41.3 Å². The number of ether oxygens (including phenoxy) is 3. The number of hydroxylamine groups is 1. The van der Waals surface area contributed by atoms with Crippen LogP contribution in [0.2, 0.25) is 0 Å². The number of carbonyl (C=O) groups is 1. The first-order valence-electron chi connectivity index (χ1n) is 10.1. The molecule has 1 unspecified atom stereocenters. The molecule has 0 amide bonds. The molecule has 13 heteroatoms. The first kappa shape index (κ1) is 25.1. The van der Waals surface area contributed by atoms with Gasteiger partial charge in [-0.25, -0.2) is 4.79 Å². The number of carbonyl (C=O) groups excluding carboxylic acids is 1. The fourth-order valence-corrected chi connectivity index (χ4v) is 3.45. The Hall–Kier alpha value is -3.49. The Kier molecular flexibility index (Phi) is 8.56. The summed E-state index contributed by atoms with van der Waals surface area (Å²) in [5.74, 6) is 1.93. The molecule has 0 bridgehead atoms. The van der Waals surface area contributed by atoms with Crippen LogP contribution >= 0.6 is 8.61 Å². The molecular formula is C21H23N4O8P. The maximum Gasteiger partial charge on any atom is 0.351 e. The lowest BCUT2D eigenvalue weighted by Gasteiger charge is -2.22. The van der Waals surface area contributed by atoms with Gasteiger partial charge in [0.05, 0.1) is 6.10 Å². The van der Waals surface area contributed by atoms with E-state index in [-0.39, 0.29) is 37.0 Å². The summed E-state index contributed by atoms with van der Waals surface area (Å²) in [7, 11) is -0.600. The summed E-state index contributed by atoms with van der Waals surface area (Å²) in [6, 6.07) is 6.89. The number of aliphatic hydroxyl groups excluding tert-OH is 1. The smallest absolute Gasteiger partial charge is 0.351 e. The first-order chi connectivity index (χ1) is 16.3. The quantitative estimate of drug-likeness (QED) is 0.211. The van der Waals surface area contributed by atoms with E-state index < -0.39 is 44.7 Å². The van der Waals surface area contributed by atoms with E-state index in [2.05, 4.69) is 10.9 Å². The average Bonchev–Trinajstić information content (AvgIpc) is 3.19. The van der Waals surface area contributed by atoms with Gasteiger partial charge in [0.1, 0.15) is 24.8 Å². The molecule has 34 heavy (non-hydrogen) atoms. The number of rotatable bonds is 10. The summed E-state index contributed by atoms with van der Waals surface area (Å²) in [5, 5.41) is 10.4. The maximum absolute atomic E-state index is 12.0. The summed E-state index contributed by atoms with van der Waals surface area (Å²) in [5.41, 5.74) is 4.91. The number of para-hydroxylation sites is 2. The van der Waals surface area contributed by atoms with Crippen LogP contribution in [0, 0.1) is 12.3 Å². The molecule has 2 heterocycles. The Labute approximate surface area is 196 Å². The molecular weight excluding hydrogens is 467 g/mol. The van der Waals surface area contributed by atoms with Crippen LogP contribution in [0.25, 0.3) is 0 Å². The lowest BCUT2D eigenvalue weighted by atomic mass is 10.2. The van der Waals surface area contributed by atoms with Gasteiger partial charge in [-0.15, -0.1) is 6.42 Å². The molecule has 3 rings (SSSR count). The summed E-state index contributed by atoms with van der Waals surface area (Å²) in [6.45, 7) is 1.13. The largest absolute Gasteiger partial charge is 0.487 e. The highest BCUT2D eigenvalue weighted by Gasteiger charge is 2.36. The van der Waals surface area contributed by atoms with Gasteiger partial charge in [0, 0.05) is 12.6 Å². The highest BCUT2D eigenvalue weighted by atomic mass is 31.1. The number of nitrogen functional groups attached to an aromatic ring is 1. The molecule has 1 aliphatic heterocycles. The van der Waals surface area contributed by atoms with Gasteiger partial charge in [0.25, 0.3) is 8.61 Å². The van der Waals surface area contributed by atoms with E-state index in [4.69, 9.17) is 31.2 Å². The highest BCUT2D eigenvalue weighted by Crippen LogP contribution is 2.32. The van der Waals surface area contributed by atoms with Gasteiger partial charge in [0.15, 0.2) is 24.1 Å². The van der Waals surface area contributed by atoms with Crippen molar-refractivity contribution in [3.8, 4) is 23.8 Å². The van der Waals surface area contributed by atoms with Crippen molar-refractivity contribution in [2.45, 2.75) is 37.8 Å². The molecule has 2 aromatic rings. The van der Waals surface area contributed by atoms with Gasteiger partial charge in [-0.3, -0.25) is 13.9 Å². The zero-order valence-electron chi connectivity index (χ0n) is 18.1. The molecule has 1 aromatic heterocycles. The number of esters is 1. The molecule has 1 aromatic carbocycles. The van der Waals surface area contributed by atoms with Crippen molar-refractivity contribution >= 4 is 20.4 Å². The van der Waals surface area contributed by atoms with Gasteiger partial charge in [-0.2, -0.15) is 4.98 Å². The van der Waals surface area contributed by atoms with Crippen LogP contribution < -0.4 is 21.0 Å². The van der Waals surface area contributed by atoms with E-state index in [0.717, 1.165) is 4.83 Å². The number of hydrogen-bond acceptors (Lipinski definition) is 10. The minimum Gasteiger partial charge on any atom is -0.487 e. The number of hydrogen-bond donors (Lipinski definition) is 2.